The maximum absolute atomic E-state index is 13.6. The van der Waals surface area contributed by atoms with Gasteiger partial charge in [0.1, 0.15) is 17.1 Å². The number of aromatic hydroxyl groups is 1. The second-order valence-corrected chi connectivity index (χ2v) is 5.00. The monoisotopic (exact) mass is 266 g/mol. The molecular formula is C14H19FN2O2. The van der Waals surface area contributed by atoms with Crippen LogP contribution in [0, 0.1) is 11.7 Å². The van der Waals surface area contributed by atoms with Crippen molar-refractivity contribution in [3.05, 3.63) is 29.6 Å². The zero-order chi connectivity index (χ0) is 13.8. The van der Waals surface area contributed by atoms with E-state index in [1.807, 2.05) is 6.92 Å². The van der Waals surface area contributed by atoms with Crippen LogP contribution in [0.1, 0.15) is 30.1 Å². The molecule has 1 aliphatic rings. The third-order valence-corrected chi connectivity index (χ3v) is 3.62. The molecule has 1 aromatic rings. The van der Waals surface area contributed by atoms with Crippen molar-refractivity contribution >= 4 is 5.91 Å². The summed E-state index contributed by atoms with van der Waals surface area (Å²) in [6.07, 6.45) is 2.12. The van der Waals surface area contributed by atoms with E-state index in [-0.39, 0.29) is 17.4 Å². The van der Waals surface area contributed by atoms with Crippen molar-refractivity contribution in [3.63, 3.8) is 0 Å². The van der Waals surface area contributed by atoms with Gasteiger partial charge in [-0.25, -0.2) is 4.39 Å². The van der Waals surface area contributed by atoms with Crippen LogP contribution in [0.3, 0.4) is 0 Å². The number of carbonyl (C=O) groups excluding carboxylic acids is 1. The number of hydrogen-bond donors (Lipinski definition) is 3. The minimum Gasteiger partial charge on any atom is -0.507 e. The third kappa shape index (κ3) is 3.23. The Morgan fingerprint density at radius 3 is 3.00 bits per heavy atom. The van der Waals surface area contributed by atoms with E-state index in [0.29, 0.717) is 5.92 Å². The molecule has 1 aliphatic heterocycles. The minimum atomic E-state index is -0.702. The number of benzene rings is 1. The zero-order valence-electron chi connectivity index (χ0n) is 10.9. The van der Waals surface area contributed by atoms with Gasteiger partial charge in [-0.15, -0.1) is 0 Å². The first kappa shape index (κ1) is 13.8. The Balaban J connectivity index is 2.04. The summed E-state index contributed by atoms with van der Waals surface area (Å²) in [5.74, 6) is -1.25. The van der Waals surface area contributed by atoms with Crippen molar-refractivity contribution in [2.45, 2.75) is 25.8 Å². The number of halogens is 1. The molecule has 4 nitrogen and oxygen atoms in total. The highest BCUT2D eigenvalue weighted by molar-refractivity contribution is 5.97. The molecule has 1 aromatic carbocycles. The molecule has 2 atom stereocenters. The maximum Gasteiger partial charge on any atom is 0.258 e. The molecule has 1 fully saturated rings. The maximum atomic E-state index is 13.6. The summed E-state index contributed by atoms with van der Waals surface area (Å²) in [7, 11) is 0. The van der Waals surface area contributed by atoms with Crippen LogP contribution >= 0.6 is 0 Å². The number of carbonyl (C=O) groups is 1. The summed E-state index contributed by atoms with van der Waals surface area (Å²) < 4.78 is 13.6. The Morgan fingerprint density at radius 2 is 2.37 bits per heavy atom. The Kier molecular flexibility index (Phi) is 4.37. The molecule has 0 bridgehead atoms. The minimum absolute atomic E-state index is 0.0562. The van der Waals surface area contributed by atoms with Gasteiger partial charge in [0.05, 0.1) is 0 Å². The average molecular weight is 266 g/mol. The first-order chi connectivity index (χ1) is 9.09. The Labute approximate surface area is 112 Å². The number of nitrogens with one attached hydrogen (secondary N) is 2. The topological polar surface area (TPSA) is 61.4 Å². The van der Waals surface area contributed by atoms with E-state index in [1.54, 1.807) is 0 Å². The number of piperidine rings is 1. The SMILES string of the molecule is CC(NC(=O)c1c(O)cccc1F)C1CCCNC1. The summed E-state index contributed by atoms with van der Waals surface area (Å²) in [6.45, 7) is 3.77. The lowest BCUT2D eigenvalue weighted by atomic mass is 9.92. The van der Waals surface area contributed by atoms with Crippen molar-refractivity contribution in [2.24, 2.45) is 5.92 Å². The fraction of sp³-hybridized carbons (Fsp3) is 0.500. The molecule has 3 N–H and O–H groups in total. The van der Waals surface area contributed by atoms with Gasteiger partial charge in [-0.1, -0.05) is 6.07 Å². The standard InChI is InChI=1S/C14H19FN2O2/c1-9(10-4-3-7-16-8-10)17-14(19)13-11(15)5-2-6-12(13)18/h2,5-6,9-10,16,18H,3-4,7-8H2,1H3,(H,17,19). The number of hydrogen-bond acceptors (Lipinski definition) is 3. The Bertz CT molecular complexity index is 439. The average Bonchev–Trinajstić information content (AvgIpc) is 2.39. The molecule has 1 heterocycles. The largest absolute Gasteiger partial charge is 0.507 e. The lowest BCUT2D eigenvalue weighted by Crippen LogP contribution is -2.44. The molecular weight excluding hydrogens is 247 g/mol. The van der Waals surface area contributed by atoms with Gasteiger partial charge >= 0.3 is 0 Å². The fourth-order valence-electron chi connectivity index (χ4n) is 2.44. The quantitative estimate of drug-likeness (QED) is 0.779. The predicted molar refractivity (Wildman–Crippen MR) is 70.6 cm³/mol. The van der Waals surface area contributed by atoms with Crippen LogP contribution < -0.4 is 10.6 Å². The van der Waals surface area contributed by atoms with E-state index < -0.39 is 11.7 Å². The molecule has 1 saturated heterocycles. The normalized spacial score (nSPS) is 20.8. The number of phenols is 1. The summed E-state index contributed by atoms with van der Waals surface area (Å²) in [6, 6.07) is 3.79. The van der Waals surface area contributed by atoms with Gasteiger partial charge in [-0.3, -0.25) is 4.79 Å². The molecule has 0 spiro atoms. The van der Waals surface area contributed by atoms with Crippen LogP contribution in [0.15, 0.2) is 18.2 Å². The van der Waals surface area contributed by atoms with Gasteiger partial charge in [0, 0.05) is 6.04 Å². The van der Waals surface area contributed by atoms with Crippen LogP contribution in [0.4, 0.5) is 4.39 Å². The lowest BCUT2D eigenvalue weighted by Gasteiger charge is -2.29. The lowest BCUT2D eigenvalue weighted by molar-refractivity contribution is 0.0915. The molecule has 19 heavy (non-hydrogen) atoms. The van der Waals surface area contributed by atoms with Crippen LogP contribution in [-0.4, -0.2) is 30.1 Å². The first-order valence-electron chi connectivity index (χ1n) is 6.58. The number of phenolic OH excluding ortho intramolecular Hbond substituents is 1. The number of amides is 1. The first-order valence-corrected chi connectivity index (χ1v) is 6.58. The highest BCUT2D eigenvalue weighted by Crippen LogP contribution is 2.21. The molecule has 0 aliphatic carbocycles. The van der Waals surface area contributed by atoms with Crippen molar-refractivity contribution in [1.82, 2.24) is 10.6 Å². The van der Waals surface area contributed by atoms with Crippen LogP contribution in [0.5, 0.6) is 5.75 Å². The van der Waals surface area contributed by atoms with Crippen LogP contribution in [-0.2, 0) is 0 Å². The molecule has 0 radical (unpaired) electrons. The summed E-state index contributed by atoms with van der Waals surface area (Å²) >= 11 is 0. The van der Waals surface area contributed by atoms with Crippen molar-refractivity contribution < 1.29 is 14.3 Å². The highest BCUT2D eigenvalue weighted by atomic mass is 19.1. The Morgan fingerprint density at radius 1 is 1.58 bits per heavy atom. The van der Waals surface area contributed by atoms with Crippen molar-refractivity contribution in [2.75, 3.05) is 13.1 Å². The van der Waals surface area contributed by atoms with Crippen molar-refractivity contribution in [1.29, 1.82) is 0 Å². The van der Waals surface area contributed by atoms with E-state index in [4.69, 9.17) is 0 Å². The smallest absolute Gasteiger partial charge is 0.258 e. The van der Waals surface area contributed by atoms with Crippen molar-refractivity contribution in [3.8, 4) is 5.75 Å². The second-order valence-electron chi connectivity index (χ2n) is 5.00. The van der Waals surface area contributed by atoms with E-state index in [2.05, 4.69) is 10.6 Å². The summed E-state index contributed by atoms with van der Waals surface area (Å²) in [5, 5.41) is 15.6. The predicted octanol–water partition coefficient (Wildman–Crippen LogP) is 1.65. The molecule has 104 valence electrons. The molecule has 0 saturated carbocycles. The summed E-state index contributed by atoms with van der Waals surface area (Å²) in [4.78, 5) is 12.0. The molecule has 0 aromatic heterocycles. The van der Waals surface area contributed by atoms with Gasteiger partial charge in [0.25, 0.3) is 5.91 Å². The second kappa shape index (κ2) is 6.02. The zero-order valence-corrected chi connectivity index (χ0v) is 10.9. The van der Waals surface area contributed by atoms with Gasteiger partial charge in [0.15, 0.2) is 0 Å². The van der Waals surface area contributed by atoms with Crippen LogP contribution in [0.25, 0.3) is 0 Å². The highest BCUT2D eigenvalue weighted by Gasteiger charge is 2.24. The molecule has 2 rings (SSSR count). The fourth-order valence-corrected chi connectivity index (χ4v) is 2.44. The number of rotatable bonds is 3. The molecule has 2 unspecified atom stereocenters. The van der Waals surface area contributed by atoms with Gasteiger partial charge in [0.2, 0.25) is 0 Å². The van der Waals surface area contributed by atoms with E-state index in [9.17, 15) is 14.3 Å². The van der Waals surface area contributed by atoms with E-state index in [1.165, 1.54) is 18.2 Å². The Hall–Kier alpha value is -1.62. The molecule has 1 amide bonds. The summed E-state index contributed by atoms with van der Waals surface area (Å²) in [5.41, 5.74) is -0.280. The third-order valence-electron chi connectivity index (χ3n) is 3.62. The van der Waals surface area contributed by atoms with E-state index >= 15 is 0 Å². The van der Waals surface area contributed by atoms with Gasteiger partial charge in [-0.2, -0.15) is 0 Å². The van der Waals surface area contributed by atoms with Gasteiger partial charge < -0.3 is 15.7 Å². The van der Waals surface area contributed by atoms with Crippen LogP contribution in [0.2, 0.25) is 0 Å². The van der Waals surface area contributed by atoms with Gasteiger partial charge in [-0.05, 0) is 50.9 Å². The van der Waals surface area contributed by atoms with E-state index in [0.717, 1.165) is 25.9 Å². The molecule has 5 heteroatoms.